The zero-order valence-corrected chi connectivity index (χ0v) is 12.9. The maximum absolute atomic E-state index is 12.8. The lowest BCUT2D eigenvalue weighted by atomic mass is 9.95. The highest BCUT2D eigenvalue weighted by molar-refractivity contribution is 7.12. The SMILES string of the molecule is O=C(c1scc2c1OCCO2)N1CCC[C@@H](c2ccn[nH]2)C1. The summed E-state index contributed by atoms with van der Waals surface area (Å²) in [5.74, 6) is 1.68. The van der Waals surface area contributed by atoms with Gasteiger partial charge in [0.25, 0.3) is 5.91 Å². The Morgan fingerprint density at radius 3 is 3.18 bits per heavy atom. The Kier molecular flexibility index (Phi) is 3.49. The van der Waals surface area contributed by atoms with E-state index in [2.05, 4.69) is 10.2 Å². The van der Waals surface area contributed by atoms with E-state index in [-0.39, 0.29) is 5.91 Å². The first kappa shape index (κ1) is 13.6. The molecule has 0 spiro atoms. The number of ether oxygens (including phenoxy) is 2. The molecule has 2 aliphatic heterocycles. The molecule has 0 unspecified atom stereocenters. The van der Waals surface area contributed by atoms with Crippen LogP contribution in [0.25, 0.3) is 0 Å². The van der Waals surface area contributed by atoms with E-state index in [1.807, 2.05) is 16.3 Å². The zero-order valence-electron chi connectivity index (χ0n) is 12.1. The molecular formula is C15H17N3O3S. The van der Waals surface area contributed by atoms with Gasteiger partial charge in [0.05, 0.1) is 0 Å². The van der Waals surface area contributed by atoms with Crippen LogP contribution >= 0.6 is 11.3 Å². The number of carbonyl (C=O) groups is 1. The molecule has 1 amide bonds. The van der Waals surface area contributed by atoms with Crippen LogP contribution in [0.4, 0.5) is 0 Å². The molecule has 4 heterocycles. The second-order valence-corrected chi connectivity index (χ2v) is 6.44. The average Bonchev–Trinajstić information content (AvgIpc) is 3.24. The van der Waals surface area contributed by atoms with Crippen molar-refractivity contribution in [1.82, 2.24) is 15.1 Å². The molecule has 22 heavy (non-hydrogen) atoms. The first-order valence-corrected chi connectivity index (χ1v) is 8.36. The van der Waals surface area contributed by atoms with Crippen molar-refractivity contribution in [1.29, 1.82) is 0 Å². The van der Waals surface area contributed by atoms with E-state index < -0.39 is 0 Å². The van der Waals surface area contributed by atoms with Gasteiger partial charge in [-0.1, -0.05) is 0 Å². The van der Waals surface area contributed by atoms with Gasteiger partial charge in [-0.25, -0.2) is 0 Å². The third-order valence-electron chi connectivity index (χ3n) is 4.17. The Morgan fingerprint density at radius 2 is 2.32 bits per heavy atom. The molecular weight excluding hydrogens is 302 g/mol. The molecule has 1 atom stereocenters. The summed E-state index contributed by atoms with van der Waals surface area (Å²) in [6.45, 7) is 2.55. The van der Waals surface area contributed by atoms with Crippen LogP contribution in [0, 0.1) is 0 Å². The van der Waals surface area contributed by atoms with Crippen molar-refractivity contribution in [3.05, 3.63) is 28.2 Å². The molecule has 0 bridgehead atoms. The summed E-state index contributed by atoms with van der Waals surface area (Å²) in [7, 11) is 0. The van der Waals surface area contributed by atoms with Crippen LogP contribution in [-0.4, -0.2) is 47.3 Å². The molecule has 2 aromatic heterocycles. The minimum absolute atomic E-state index is 0.0426. The van der Waals surface area contributed by atoms with Crippen molar-refractivity contribution in [3.63, 3.8) is 0 Å². The van der Waals surface area contributed by atoms with Crippen LogP contribution in [0.3, 0.4) is 0 Å². The van der Waals surface area contributed by atoms with Gasteiger partial charge in [0.15, 0.2) is 11.5 Å². The van der Waals surface area contributed by atoms with E-state index in [1.54, 1.807) is 6.20 Å². The Balaban J connectivity index is 1.54. The summed E-state index contributed by atoms with van der Waals surface area (Å²) in [4.78, 5) is 15.4. The van der Waals surface area contributed by atoms with Crippen LogP contribution in [0.1, 0.15) is 34.1 Å². The maximum Gasteiger partial charge on any atom is 0.267 e. The molecule has 1 saturated heterocycles. The maximum atomic E-state index is 12.8. The largest absolute Gasteiger partial charge is 0.485 e. The lowest BCUT2D eigenvalue weighted by Gasteiger charge is -2.32. The van der Waals surface area contributed by atoms with Crippen LogP contribution in [0.5, 0.6) is 11.5 Å². The Morgan fingerprint density at radius 1 is 1.41 bits per heavy atom. The Labute approximate surface area is 132 Å². The number of H-pyrrole nitrogens is 1. The fourth-order valence-electron chi connectivity index (χ4n) is 3.06. The molecule has 116 valence electrons. The number of thiophene rings is 1. The minimum Gasteiger partial charge on any atom is -0.485 e. The van der Waals surface area contributed by atoms with Gasteiger partial charge < -0.3 is 14.4 Å². The predicted octanol–water partition coefficient (Wildman–Crippen LogP) is 2.26. The van der Waals surface area contributed by atoms with Gasteiger partial charge in [-0.2, -0.15) is 5.10 Å². The monoisotopic (exact) mass is 319 g/mol. The number of carbonyl (C=O) groups excluding carboxylic acids is 1. The molecule has 6 nitrogen and oxygen atoms in total. The molecule has 0 radical (unpaired) electrons. The van der Waals surface area contributed by atoms with Crippen LogP contribution < -0.4 is 9.47 Å². The third kappa shape index (κ3) is 2.35. The van der Waals surface area contributed by atoms with Gasteiger partial charge in [-0.3, -0.25) is 9.89 Å². The minimum atomic E-state index is 0.0426. The molecule has 2 aromatic rings. The second-order valence-electron chi connectivity index (χ2n) is 5.56. The molecule has 7 heteroatoms. The van der Waals surface area contributed by atoms with Crippen molar-refractivity contribution in [3.8, 4) is 11.5 Å². The lowest BCUT2D eigenvalue weighted by molar-refractivity contribution is 0.0702. The van der Waals surface area contributed by atoms with Gasteiger partial charge in [-0.15, -0.1) is 11.3 Å². The molecule has 4 rings (SSSR count). The molecule has 1 N–H and O–H groups in total. The van der Waals surface area contributed by atoms with Crippen LogP contribution in [0.15, 0.2) is 17.6 Å². The Hall–Kier alpha value is -2.02. The van der Waals surface area contributed by atoms with Crippen molar-refractivity contribution >= 4 is 17.2 Å². The number of piperidine rings is 1. The van der Waals surface area contributed by atoms with E-state index >= 15 is 0 Å². The quantitative estimate of drug-likeness (QED) is 0.922. The fourth-order valence-corrected chi connectivity index (χ4v) is 3.96. The summed E-state index contributed by atoms with van der Waals surface area (Å²) in [5.41, 5.74) is 1.10. The fraction of sp³-hybridized carbons (Fsp3) is 0.467. The summed E-state index contributed by atoms with van der Waals surface area (Å²) in [6, 6.07) is 1.99. The van der Waals surface area contributed by atoms with Crippen molar-refractivity contribution in [2.45, 2.75) is 18.8 Å². The van der Waals surface area contributed by atoms with E-state index in [0.29, 0.717) is 42.1 Å². The van der Waals surface area contributed by atoms with Gasteiger partial charge in [-0.05, 0) is 18.9 Å². The van der Waals surface area contributed by atoms with Gasteiger partial charge >= 0.3 is 0 Å². The molecule has 0 aromatic carbocycles. The van der Waals surface area contributed by atoms with Crippen molar-refractivity contribution < 1.29 is 14.3 Å². The summed E-state index contributed by atoms with van der Waals surface area (Å²) >= 11 is 1.40. The number of nitrogens with zero attached hydrogens (tertiary/aromatic N) is 2. The summed E-state index contributed by atoms with van der Waals surface area (Å²) in [6.07, 6.45) is 3.84. The van der Waals surface area contributed by atoms with E-state index in [9.17, 15) is 4.79 Å². The van der Waals surface area contributed by atoms with E-state index in [1.165, 1.54) is 11.3 Å². The van der Waals surface area contributed by atoms with Crippen molar-refractivity contribution in [2.24, 2.45) is 0 Å². The number of amides is 1. The number of aromatic amines is 1. The molecule has 0 aliphatic carbocycles. The number of aromatic nitrogens is 2. The van der Waals surface area contributed by atoms with E-state index in [0.717, 1.165) is 25.1 Å². The third-order valence-corrected chi connectivity index (χ3v) is 5.09. The molecule has 0 saturated carbocycles. The average molecular weight is 319 g/mol. The first-order valence-electron chi connectivity index (χ1n) is 7.48. The van der Waals surface area contributed by atoms with Crippen LogP contribution in [0.2, 0.25) is 0 Å². The molecule has 1 fully saturated rings. The summed E-state index contributed by atoms with van der Waals surface area (Å²) in [5, 5.41) is 8.89. The Bertz CT molecular complexity index is 668. The number of rotatable bonds is 2. The highest BCUT2D eigenvalue weighted by atomic mass is 32.1. The number of likely N-dealkylation sites (tertiary alicyclic amines) is 1. The lowest BCUT2D eigenvalue weighted by Crippen LogP contribution is -2.39. The summed E-state index contributed by atoms with van der Waals surface area (Å²) < 4.78 is 11.2. The number of nitrogens with one attached hydrogen (secondary N) is 1. The number of hydrogen-bond donors (Lipinski definition) is 1. The van der Waals surface area contributed by atoms with Gasteiger partial charge in [0, 0.05) is 36.3 Å². The highest BCUT2D eigenvalue weighted by Crippen LogP contribution is 2.40. The van der Waals surface area contributed by atoms with Crippen LogP contribution in [-0.2, 0) is 0 Å². The smallest absolute Gasteiger partial charge is 0.267 e. The molecule has 2 aliphatic rings. The van der Waals surface area contributed by atoms with Crippen molar-refractivity contribution in [2.75, 3.05) is 26.3 Å². The normalized spacial score (nSPS) is 20.9. The standard InChI is InChI=1S/C15H17N3O3S/c19-15(14-13-12(9-22-14)20-6-7-21-13)18-5-1-2-10(8-18)11-3-4-16-17-11/h3-4,9-10H,1-2,5-8H2,(H,16,17)/t10-/m1/s1. The van der Waals surface area contributed by atoms with E-state index in [4.69, 9.17) is 9.47 Å². The van der Waals surface area contributed by atoms with Gasteiger partial charge in [0.2, 0.25) is 0 Å². The topological polar surface area (TPSA) is 67.5 Å². The number of fused-ring (bicyclic) bond motifs is 1. The van der Waals surface area contributed by atoms with Gasteiger partial charge in [0.1, 0.15) is 18.1 Å². The highest BCUT2D eigenvalue weighted by Gasteiger charge is 2.31. The zero-order chi connectivity index (χ0) is 14.9. The second kappa shape index (κ2) is 5.64. The number of hydrogen-bond acceptors (Lipinski definition) is 5. The first-order chi connectivity index (χ1) is 10.8. The predicted molar refractivity (Wildman–Crippen MR) is 81.8 cm³/mol.